The zero-order valence-corrected chi connectivity index (χ0v) is 16.2. The minimum absolute atomic E-state index is 0.0569. The first-order valence-electron chi connectivity index (χ1n) is 9.95. The van der Waals surface area contributed by atoms with Crippen molar-refractivity contribution < 1.29 is 9.47 Å². The number of nitrogens with zero attached hydrogens (tertiary/aromatic N) is 1. The SMILES string of the molecule is CN1CC2CC(c3ccccc3)(C1)c1cc(OCc3ccccc3)ccc1O2. The van der Waals surface area contributed by atoms with Crippen LogP contribution in [-0.4, -0.2) is 31.1 Å². The minimum Gasteiger partial charge on any atom is -0.489 e. The molecule has 3 nitrogen and oxygen atoms in total. The highest BCUT2D eigenvalue weighted by Crippen LogP contribution is 2.49. The fraction of sp³-hybridized carbons (Fsp3) is 0.280. The van der Waals surface area contributed by atoms with E-state index >= 15 is 0 Å². The molecular formula is C25H25NO2. The second-order valence-corrected chi connectivity index (χ2v) is 8.02. The lowest BCUT2D eigenvalue weighted by molar-refractivity contribution is 0.0433. The Morgan fingerprint density at radius 1 is 1.00 bits per heavy atom. The molecule has 3 aromatic rings. The van der Waals surface area contributed by atoms with Crippen LogP contribution < -0.4 is 9.47 Å². The number of ether oxygens (including phenoxy) is 2. The van der Waals surface area contributed by atoms with Gasteiger partial charge in [-0.25, -0.2) is 0 Å². The number of likely N-dealkylation sites (N-methyl/N-ethyl adjacent to an activating group) is 1. The summed E-state index contributed by atoms with van der Waals surface area (Å²) < 4.78 is 12.5. The summed E-state index contributed by atoms with van der Waals surface area (Å²) in [5, 5.41) is 0. The van der Waals surface area contributed by atoms with Crippen LogP contribution in [0.1, 0.15) is 23.1 Å². The van der Waals surface area contributed by atoms with E-state index in [1.165, 1.54) is 16.7 Å². The molecule has 142 valence electrons. The van der Waals surface area contributed by atoms with Gasteiger partial charge in [0.05, 0.1) is 0 Å². The molecule has 2 unspecified atom stereocenters. The van der Waals surface area contributed by atoms with E-state index in [9.17, 15) is 0 Å². The molecule has 2 heterocycles. The van der Waals surface area contributed by atoms with Gasteiger partial charge in [-0.1, -0.05) is 60.7 Å². The quantitative estimate of drug-likeness (QED) is 0.666. The molecule has 5 rings (SSSR count). The summed E-state index contributed by atoms with van der Waals surface area (Å²) in [6.45, 7) is 2.54. The topological polar surface area (TPSA) is 21.7 Å². The van der Waals surface area contributed by atoms with E-state index in [0.29, 0.717) is 6.61 Å². The maximum absolute atomic E-state index is 6.34. The fourth-order valence-corrected chi connectivity index (χ4v) is 4.78. The number of hydrogen-bond acceptors (Lipinski definition) is 3. The first kappa shape index (κ1) is 17.3. The van der Waals surface area contributed by atoms with E-state index < -0.39 is 0 Å². The second kappa shape index (κ2) is 6.99. The lowest BCUT2D eigenvalue weighted by atomic mass is 9.67. The van der Waals surface area contributed by atoms with E-state index in [0.717, 1.165) is 31.0 Å². The molecule has 2 aliphatic rings. The number of likely N-dealkylation sites (tertiary alicyclic amines) is 1. The van der Waals surface area contributed by atoms with Gasteiger partial charge < -0.3 is 14.4 Å². The Labute approximate surface area is 166 Å². The molecule has 2 atom stereocenters. The van der Waals surface area contributed by atoms with Crippen LogP contribution in [-0.2, 0) is 12.0 Å². The molecular weight excluding hydrogens is 346 g/mol. The lowest BCUT2D eigenvalue weighted by Gasteiger charge is -2.49. The molecule has 0 spiro atoms. The lowest BCUT2D eigenvalue weighted by Crippen LogP contribution is -2.55. The van der Waals surface area contributed by atoms with Crippen molar-refractivity contribution in [3.05, 3.63) is 95.6 Å². The summed E-state index contributed by atoms with van der Waals surface area (Å²) in [4.78, 5) is 2.39. The first-order chi connectivity index (χ1) is 13.7. The van der Waals surface area contributed by atoms with Crippen molar-refractivity contribution in [1.82, 2.24) is 4.90 Å². The Morgan fingerprint density at radius 2 is 1.75 bits per heavy atom. The van der Waals surface area contributed by atoms with Crippen LogP contribution >= 0.6 is 0 Å². The molecule has 1 saturated heterocycles. The molecule has 2 bridgehead atoms. The predicted molar refractivity (Wildman–Crippen MR) is 111 cm³/mol. The molecule has 0 saturated carbocycles. The average molecular weight is 371 g/mol. The van der Waals surface area contributed by atoms with Crippen molar-refractivity contribution >= 4 is 0 Å². The Bertz CT molecular complexity index is 957. The summed E-state index contributed by atoms with van der Waals surface area (Å²) in [7, 11) is 2.19. The summed E-state index contributed by atoms with van der Waals surface area (Å²) in [6.07, 6.45) is 1.23. The molecule has 0 N–H and O–H groups in total. The van der Waals surface area contributed by atoms with Gasteiger partial charge in [-0.2, -0.15) is 0 Å². The molecule has 2 aliphatic heterocycles. The van der Waals surface area contributed by atoms with Gasteiger partial charge in [0, 0.05) is 30.5 Å². The number of piperidine rings is 1. The highest BCUT2D eigenvalue weighted by molar-refractivity contribution is 5.53. The van der Waals surface area contributed by atoms with Crippen molar-refractivity contribution in [2.45, 2.75) is 24.5 Å². The summed E-state index contributed by atoms with van der Waals surface area (Å²) in [6, 6.07) is 27.5. The maximum atomic E-state index is 6.34. The van der Waals surface area contributed by atoms with Crippen LogP contribution in [0.3, 0.4) is 0 Å². The van der Waals surface area contributed by atoms with Crippen LogP contribution in [0.2, 0.25) is 0 Å². The minimum atomic E-state index is -0.0569. The standard InChI is InChI=1S/C25H25NO2/c1-26-16-22-15-25(18-26,20-10-6-3-7-11-20)23-14-21(12-13-24(23)28-22)27-17-19-8-4-2-5-9-19/h2-14,22H,15-18H2,1H3. The van der Waals surface area contributed by atoms with Crippen LogP contribution in [0, 0.1) is 0 Å². The molecule has 28 heavy (non-hydrogen) atoms. The largest absolute Gasteiger partial charge is 0.489 e. The number of fused-ring (bicyclic) bond motifs is 4. The van der Waals surface area contributed by atoms with Crippen LogP contribution in [0.4, 0.5) is 0 Å². The highest BCUT2D eigenvalue weighted by atomic mass is 16.5. The van der Waals surface area contributed by atoms with Gasteiger partial charge >= 0.3 is 0 Å². The van der Waals surface area contributed by atoms with Gasteiger partial charge in [0.2, 0.25) is 0 Å². The monoisotopic (exact) mass is 371 g/mol. The highest BCUT2D eigenvalue weighted by Gasteiger charge is 2.47. The maximum Gasteiger partial charge on any atom is 0.124 e. The van der Waals surface area contributed by atoms with Crippen LogP contribution in [0.25, 0.3) is 0 Å². The molecule has 0 radical (unpaired) electrons. The van der Waals surface area contributed by atoms with Crippen LogP contribution in [0.5, 0.6) is 11.5 Å². The molecule has 0 aliphatic carbocycles. The summed E-state index contributed by atoms with van der Waals surface area (Å²) >= 11 is 0. The van der Waals surface area contributed by atoms with E-state index in [4.69, 9.17) is 9.47 Å². The van der Waals surface area contributed by atoms with Crippen LogP contribution in [0.15, 0.2) is 78.9 Å². The van der Waals surface area contributed by atoms with Gasteiger partial charge in [-0.05, 0) is 36.4 Å². The van der Waals surface area contributed by atoms with E-state index in [1.54, 1.807) is 0 Å². The summed E-state index contributed by atoms with van der Waals surface area (Å²) in [5.74, 6) is 1.90. The predicted octanol–water partition coefficient (Wildman–Crippen LogP) is 4.65. The fourth-order valence-electron chi connectivity index (χ4n) is 4.78. The van der Waals surface area contributed by atoms with Crippen molar-refractivity contribution in [1.29, 1.82) is 0 Å². The third-order valence-electron chi connectivity index (χ3n) is 5.97. The van der Waals surface area contributed by atoms with Gasteiger partial charge in [0.15, 0.2) is 0 Å². The third kappa shape index (κ3) is 3.06. The zero-order chi connectivity index (χ0) is 19.0. The van der Waals surface area contributed by atoms with E-state index in [1.807, 2.05) is 24.3 Å². The van der Waals surface area contributed by atoms with Gasteiger partial charge in [0.25, 0.3) is 0 Å². The van der Waals surface area contributed by atoms with Crippen molar-refractivity contribution in [2.75, 3.05) is 20.1 Å². The number of rotatable bonds is 4. The van der Waals surface area contributed by atoms with Gasteiger partial charge in [0.1, 0.15) is 24.2 Å². The normalized spacial score (nSPS) is 23.5. The molecule has 3 aromatic carbocycles. The molecule has 1 fully saturated rings. The molecule has 0 amide bonds. The van der Waals surface area contributed by atoms with Gasteiger partial charge in [-0.3, -0.25) is 0 Å². The summed E-state index contributed by atoms with van der Waals surface area (Å²) in [5.41, 5.74) is 3.72. The zero-order valence-electron chi connectivity index (χ0n) is 16.2. The van der Waals surface area contributed by atoms with Crippen molar-refractivity contribution in [2.24, 2.45) is 0 Å². The molecule has 0 aromatic heterocycles. The van der Waals surface area contributed by atoms with Crippen molar-refractivity contribution in [3.63, 3.8) is 0 Å². The van der Waals surface area contributed by atoms with Gasteiger partial charge in [-0.15, -0.1) is 0 Å². The average Bonchev–Trinajstić information content (AvgIpc) is 2.73. The first-order valence-corrected chi connectivity index (χ1v) is 9.95. The number of benzene rings is 3. The smallest absolute Gasteiger partial charge is 0.124 e. The second-order valence-electron chi connectivity index (χ2n) is 8.02. The van der Waals surface area contributed by atoms with E-state index in [-0.39, 0.29) is 11.5 Å². The number of hydrogen-bond donors (Lipinski definition) is 0. The Balaban J connectivity index is 1.53. The Morgan fingerprint density at radius 3 is 2.54 bits per heavy atom. The third-order valence-corrected chi connectivity index (χ3v) is 5.97. The van der Waals surface area contributed by atoms with E-state index in [2.05, 4.69) is 66.5 Å². The van der Waals surface area contributed by atoms with Crippen molar-refractivity contribution in [3.8, 4) is 11.5 Å². The Hall–Kier alpha value is -2.78. The molecule has 3 heteroatoms. The Kier molecular flexibility index (Phi) is 4.33.